The van der Waals surface area contributed by atoms with Gasteiger partial charge >= 0.3 is 6.80 Å². The van der Waals surface area contributed by atoms with Gasteiger partial charge in [-0.3, -0.25) is 14.3 Å². The molecule has 0 fully saturated rings. The summed E-state index contributed by atoms with van der Waals surface area (Å²) in [5.41, 5.74) is 3.82. The minimum atomic E-state index is -3.36. The van der Waals surface area contributed by atoms with Gasteiger partial charge in [-0.15, -0.1) is 0 Å². The molecule has 1 unspecified atom stereocenters. The van der Waals surface area contributed by atoms with E-state index in [1.54, 1.807) is 20.0 Å². The van der Waals surface area contributed by atoms with Crippen LogP contribution in [0.4, 0.5) is 0 Å². The van der Waals surface area contributed by atoms with Gasteiger partial charge in [-0.2, -0.15) is 0 Å². The molecule has 1 atom stereocenters. The number of fused-ring (bicyclic) bond motifs is 1. The molecule has 0 aliphatic rings. The van der Waals surface area contributed by atoms with Crippen LogP contribution < -0.4 is 5.32 Å². The van der Waals surface area contributed by atoms with Gasteiger partial charge in [-0.1, -0.05) is 60.8 Å². The van der Waals surface area contributed by atoms with E-state index in [0.717, 1.165) is 27.6 Å². The summed E-state index contributed by atoms with van der Waals surface area (Å²) < 4.78 is 22.3. The smallest absolute Gasteiger partial charge is 0.356 e. The molecule has 3 aromatic rings. The van der Waals surface area contributed by atoms with Gasteiger partial charge in [0.05, 0.1) is 24.6 Å². The first-order valence-corrected chi connectivity index (χ1v) is 12.9. The molecule has 164 valence electrons. The molecule has 0 saturated heterocycles. The topological polar surface area (TPSA) is 77.5 Å². The summed E-state index contributed by atoms with van der Waals surface area (Å²) in [5, 5.41) is 3.90. The number of nitrogens with one attached hydrogen (secondary N) is 1. The Morgan fingerprint density at radius 1 is 1.13 bits per heavy atom. The Labute approximate surface area is 188 Å². The Morgan fingerprint density at radius 3 is 2.58 bits per heavy atom. The Hall–Kier alpha value is -2.18. The first kappa shape index (κ1) is 23.5. The summed E-state index contributed by atoms with van der Waals surface area (Å²) in [4.78, 5) is 17.1. The third-order valence-corrected chi connectivity index (χ3v) is 6.34. The molecular formula is C23H27N2O4PS. The second kappa shape index (κ2) is 10.9. The Morgan fingerprint density at radius 2 is 1.84 bits per heavy atom. The van der Waals surface area contributed by atoms with E-state index in [2.05, 4.69) is 22.5 Å². The van der Waals surface area contributed by atoms with Crippen molar-refractivity contribution in [2.75, 3.05) is 13.2 Å². The van der Waals surface area contributed by atoms with Gasteiger partial charge in [-0.05, 0) is 43.0 Å². The van der Waals surface area contributed by atoms with E-state index in [1.165, 1.54) is 0 Å². The number of benzene rings is 2. The van der Waals surface area contributed by atoms with Crippen molar-refractivity contribution in [3.8, 4) is 11.1 Å². The molecule has 0 saturated carbocycles. The van der Waals surface area contributed by atoms with Crippen molar-refractivity contribution < 1.29 is 18.4 Å². The van der Waals surface area contributed by atoms with E-state index in [1.807, 2.05) is 54.6 Å². The molecule has 1 amide bonds. The van der Waals surface area contributed by atoms with Crippen LogP contribution in [0.2, 0.25) is 0 Å². The third kappa shape index (κ3) is 6.91. The van der Waals surface area contributed by atoms with Gasteiger partial charge in [0.2, 0.25) is 5.91 Å². The molecule has 3 rings (SSSR count). The lowest BCUT2D eigenvalue weighted by atomic mass is 9.95. The highest BCUT2D eigenvalue weighted by Gasteiger charge is 2.20. The van der Waals surface area contributed by atoms with E-state index in [9.17, 15) is 9.36 Å². The number of amides is 1. The summed E-state index contributed by atoms with van der Waals surface area (Å²) in [6, 6.07) is 17.9. The number of hydrogen-bond acceptors (Lipinski definition) is 5. The number of nitrogens with zero attached hydrogens (tertiary/aromatic N) is 1. The van der Waals surface area contributed by atoms with Crippen LogP contribution in [0.1, 0.15) is 25.8 Å². The fraction of sp³-hybridized carbons (Fsp3) is 0.304. The Kier molecular flexibility index (Phi) is 8.27. The van der Waals surface area contributed by atoms with E-state index in [0.29, 0.717) is 13.0 Å². The molecule has 1 aromatic heterocycles. The van der Waals surface area contributed by atoms with Crippen molar-refractivity contribution in [2.45, 2.75) is 32.8 Å². The third-order valence-electron chi connectivity index (χ3n) is 4.51. The van der Waals surface area contributed by atoms with Crippen molar-refractivity contribution in [2.24, 2.45) is 0 Å². The van der Waals surface area contributed by atoms with Crippen LogP contribution in [0, 0.1) is 0 Å². The molecule has 0 aliphatic carbocycles. The van der Waals surface area contributed by atoms with Crippen molar-refractivity contribution in [1.82, 2.24) is 10.3 Å². The van der Waals surface area contributed by atoms with E-state index < -0.39 is 6.80 Å². The molecule has 0 radical (unpaired) electrons. The average molecular weight is 459 g/mol. The lowest BCUT2D eigenvalue weighted by Gasteiger charge is -2.15. The zero-order valence-corrected chi connectivity index (χ0v) is 19.4. The molecular weight excluding hydrogens is 431 g/mol. The van der Waals surface area contributed by atoms with Gasteiger partial charge in [-0.25, -0.2) is 4.57 Å². The number of hydrogen-bond donors (Lipinski definition) is 2. The summed E-state index contributed by atoms with van der Waals surface area (Å²) >= 11 is 3.93. The van der Waals surface area contributed by atoms with Crippen LogP contribution >= 0.6 is 19.0 Å². The minimum absolute atomic E-state index is 0.109. The van der Waals surface area contributed by atoms with E-state index in [-0.39, 0.29) is 25.0 Å². The van der Waals surface area contributed by atoms with Gasteiger partial charge in [0.1, 0.15) is 0 Å². The number of para-hydroxylation sites is 1. The SMILES string of the molecule is CC(C)OP(=O)(S)OCCCNC(=O)Cc1cnc2ccccc2c1-c1ccccc1. The average Bonchev–Trinajstić information content (AvgIpc) is 2.73. The van der Waals surface area contributed by atoms with Crippen LogP contribution in [0.3, 0.4) is 0 Å². The fourth-order valence-electron chi connectivity index (χ4n) is 3.27. The zero-order valence-electron chi connectivity index (χ0n) is 17.7. The van der Waals surface area contributed by atoms with Crippen LogP contribution in [0.25, 0.3) is 22.0 Å². The van der Waals surface area contributed by atoms with Crippen molar-refractivity contribution in [1.29, 1.82) is 0 Å². The van der Waals surface area contributed by atoms with E-state index in [4.69, 9.17) is 9.05 Å². The highest BCUT2D eigenvalue weighted by molar-refractivity contribution is 8.44. The standard InChI is InChI=1S/C23H27N2O4PS/c1-17(2)29-30(27,31)28-14-8-13-24-22(26)15-19-16-25-21-12-7-6-11-20(21)23(19)18-9-4-3-5-10-18/h3-7,9-12,16-17H,8,13-15H2,1-2H3,(H,24,26)(H,27,31). The molecule has 0 spiro atoms. The summed E-state index contributed by atoms with van der Waals surface area (Å²) in [5.74, 6) is -0.109. The molecule has 1 heterocycles. The lowest BCUT2D eigenvalue weighted by molar-refractivity contribution is -0.120. The molecule has 0 aliphatic heterocycles. The summed E-state index contributed by atoms with van der Waals surface area (Å²) in [6.07, 6.45) is 2.25. The lowest BCUT2D eigenvalue weighted by Crippen LogP contribution is -2.27. The Bertz CT molecular complexity index is 1080. The van der Waals surface area contributed by atoms with Gasteiger partial charge in [0, 0.05) is 18.1 Å². The van der Waals surface area contributed by atoms with Crippen LogP contribution in [-0.4, -0.2) is 30.1 Å². The van der Waals surface area contributed by atoms with Crippen molar-refractivity contribution >= 4 is 35.9 Å². The number of rotatable bonds is 10. The predicted octanol–water partition coefficient (Wildman–Crippen LogP) is 5.43. The predicted molar refractivity (Wildman–Crippen MR) is 127 cm³/mol. The van der Waals surface area contributed by atoms with Gasteiger partial charge < -0.3 is 9.84 Å². The first-order valence-electron chi connectivity index (χ1n) is 10.2. The van der Waals surface area contributed by atoms with Gasteiger partial charge in [0.15, 0.2) is 0 Å². The van der Waals surface area contributed by atoms with E-state index >= 15 is 0 Å². The quantitative estimate of drug-likeness (QED) is 0.241. The first-order chi connectivity index (χ1) is 14.9. The molecule has 8 heteroatoms. The van der Waals surface area contributed by atoms with Crippen molar-refractivity contribution in [3.05, 3.63) is 66.4 Å². The minimum Gasteiger partial charge on any atom is -0.356 e. The number of carbonyl (C=O) groups is 1. The Balaban J connectivity index is 1.63. The molecule has 2 aromatic carbocycles. The highest BCUT2D eigenvalue weighted by Crippen LogP contribution is 2.53. The fourth-order valence-corrected chi connectivity index (χ4v) is 5.04. The maximum atomic E-state index is 12.6. The monoisotopic (exact) mass is 458 g/mol. The largest absolute Gasteiger partial charge is 0.386 e. The normalized spacial score (nSPS) is 13.3. The summed E-state index contributed by atoms with van der Waals surface area (Å²) in [7, 11) is 0. The van der Waals surface area contributed by atoms with Crippen LogP contribution in [0.5, 0.6) is 0 Å². The second-order valence-electron chi connectivity index (χ2n) is 7.38. The maximum absolute atomic E-state index is 12.6. The zero-order chi connectivity index (χ0) is 22.3. The molecule has 1 N–H and O–H groups in total. The maximum Gasteiger partial charge on any atom is 0.386 e. The van der Waals surface area contributed by atoms with Gasteiger partial charge in [0.25, 0.3) is 0 Å². The van der Waals surface area contributed by atoms with Crippen LogP contribution in [-0.2, 0) is 24.8 Å². The number of aromatic nitrogens is 1. The molecule has 6 nitrogen and oxygen atoms in total. The molecule has 31 heavy (non-hydrogen) atoms. The van der Waals surface area contributed by atoms with Crippen molar-refractivity contribution in [3.63, 3.8) is 0 Å². The number of thiol groups is 1. The highest BCUT2D eigenvalue weighted by atomic mass is 32.7. The second-order valence-corrected chi connectivity index (χ2v) is 10.3. The summed E-state index contributed by atoms with van der Waals surface area (Å²) in [6.45, 7) is 0.745. The number of pyridine rings is 1. The molecule has 0 bridgehead atoms. The number of carbonyl (C=O) groups excluding carboxylic acids is 1. The van der Waals surface area contributed by atoms with Crippen LogP contribution in [0.15, 0.2) is 60.8 Å².